The molecule has 1 aliphatic carbocycles. The summed E-state index contributed by atoms with van der Waals surface area (Å²) in [5, 5.41) is 10.6. The van der Waals surface area contributed by atoms with Gasteiger partial charge in [0.05, 0.1) is 4.88 Å². The summed E-state index contributed by atoms with van der Waals surface area (Å²) in [4.78, 5) is 13.6. The van der Waals surface area contributed by atoms with Crippen LogP contribution in [0.1, 0.15) is 37.0 Å². The molecule has 3 nitrogen and oxygen atoms in total. The second-order valence-corrected chi connectivity index (χ2v) is 7.03. The van der Waals surface area contributed by atoms with E-state index in [4.69, 9.17) is 4.74 Å². The Bertz CT molecular complexity index is 801. The average Bonchev–Trinajstić information content (AvgIpc) is 3.09. The number of nitriles is 1. The van der Waals surface area contributed by atoms with Crippen LogP contribution in [0.5, 0.6) is 0 Å². The maximum atomic E-state index is 12.7. The molecule has 0 atom stereocenters. The third kappa shape index (κ3) is 1.89. The van der Waals surface area contributed by atoms with Gasteiger partial charge in [0.25, 0.3) is 0 Å². The predicted molar refractivity (Wildman–Crippen MR) is 86.3 cm³/mol. The number of rotatable bonds is 1. The van der Waals surface area contributed by atoms with Gasteiger partial charge in [0.1, 0.15) is 11.6 Å². The van der Waals surface area contributed by atoms with E-state index in [1.807, 2.05) is 30.3 Å². The molecule has 110 valence electrons. The Kier molecular flexibility index (Phi) is 3.05. The van der Waals surface area contributed by atoms with Crippen molar-refractivity contribution in [2.24, 2.45) is 0 Å². The SMILES string of the molecule is N#CC1=C(c2cc3ccccc3s2)OC2(CCCCC2)C1=O. The average molecular weight is 309 g/mol. The molecule has 0 bridgehead atoms. The first-order valence-electron chi connectivity index (χ1n) is 7.61. The molecule has 0 radical (unpaired) electrons. The smallest absolute Gasteiger partial charge is 0.220 e. The van der Waals surface area contributed by atoms with Crippen molar-refractivity contribution in [1.82, 2.24) is 0 Å². The van der Waals surface area contributed by atoms with E-state index < -0.39 is 5.60 Å². The molecule has 2 aliphatic rings. The summed E-state index contributed by atoms with van der Waals surface area (Å²) in [5.74, 6) is 0.387. The Labute approximate surface area is 132 Å². The Hall–Kier alpha value is -2.12. The van der Waals surface area contributed by atoms with Crippen LogP contribution in [0, 0.1) is 11.3 Å². The fourth-order valence-electron chi connectivity index (χ4n) is 3.44. The topological polar surface area (TPSA) is 50.1 Å². The zero-order chi connectivity index (χ0) is 15.2. The first-order chi connectivity index (χ1) is 10.7. The molecule has 1 aromatic heterocycles. The molecule has 22 heavy (non-hydrogen) atoms. The number of ketones is 1. The van der Waals surface area contributed by atoms with Crippen LogP contribution >= 0.6 is 11.3 Å². The molecule has 1 spiro atoms. The normalized spacial score (nSPS) is 20.4. The maximum Gasteiger partial charge on any atom is 0.220 e. The van der Waals surface area contributed by atoms with E-state index >= 15 is 0 Å². The highest BCUT2D eigenvalue weighted by molar-refractivity contribution is 7.20. The van der Waals surface area contributed by atoms with Crippen molar-refractivity contribution in [2.75, 3.05) is 0 Å². The van der Waals surface area contributed by atoms with Crippen molar-refractivity contribution < 1.29 is 9.53 Å². The van der Waals surface area contributed by atoms with Crippen molar-refractivity contribution >= 4 is 33.0 Å². The van der Waals surface area contributed by atoms with Crippen molar-refractivity contribution in [3.63, 3.8) is 0 Å². The van der Waals surface area contributed by atoms with Crippen LogP contribution in [0.25, 0.3) is 15.8 Å². The Morgan fingerprint density at radius 1 is 1.18 bits per heavy atom. The second-order valence-electron chi connectivity index (χ2n) is 5.95. The number of nitrogens with zero attached hydrogens (tertiary/aromatic N) is 1. The maximum absolute atomic E-state index is 12.7. The van der Waals surface area contributed by atoms with E-state index in [9.17, 15) is 10.1 Å². The highest BCUT2D eigenvalue weighted by atomic mass is 32.1. The van der Waals surface area contributed by atoms with Gasteiger partial charge in [0, 0.05) is 4.70 Å². The molecular weight excluding hydrogens is 294 g/mol. The molecule has 1 aromatic carbocycles. The summed E-state index contributed by atoms with van der Waals surface area (Å²) >= 11 is 1.58. The third-order valence-corrected chi connectivity index (χ3v) is 5.70. The summed E-state index contributed by atoms with van der Waals surface area (Å²) in [6.45, 7) is 0. The molecule has 4 rings (SSSR count). The summed E-state index contributed by atoms with van der Waals surface area (Å²) in [6.07, 6.45) is 4.57. The van der Waals surface area contributed by atoms with Gasteiger partial charge in [-0.3, -0.25) is 4.79 Å². The zero-order valence-electron chi connectivity index (χ0n) is 12.1. The molecule has 2 aromatic rings. The van der Waals surface area contributed by atoms with Gasteiger partial charge in [-0.15, -0.1) is 11.3 Å². The first-order valence-corrected chi connectivity index (χ1v) is 8.42. The minimum absolute atomic E-state index is 0.109. The monoisotopic (exact) mass is 309 g/mol. The first kappa shape index (κ1) is 13.5. The zero-order valence-corrected chi connectivity index (χ0v) is 12.9. The predicted octanol–water partition coefficient (Wildman–Crippen LogP) is 4.44. The van der Waals surface area contributed by atoms with Crippen LogP contribution in [0.3, 0.4) is 0 Å². The standard InChI is InChI=1S/C18H15NO2S/c19-11-13-16(15-10-12-6-2-3-7-14(12)22-15)21-18(17(13)20)8-4-1-5-9-18/h2-3,6-7,10H,1,4-5,8-9H2. The lowest BCUT2D eigenvalue weighted by atomic mass is 9.81. The minimum atomic E-state index is -0.769. The number of hydrogen-bond acceptors (Lipinski definition) is 4. The number of carbonyl (C=O) groups is 1. The van der Waals surface area contributed by atoms with E-state index in [0.29, 0.717) is 5.76 Å². The fourth-order valence-corrected chi connectivity index (χ4v) is 4.50. The highest BCUT2D eigenvalue weighted by Gasteiger charge is 2.50. The number of ether oxygens (including phenoxy) is 1. The van der Waals surface area contributed by atoms with Crippen LogP contribution in [-0.4, -0.2) is 11.4 Å². The number of thiophene rings is 1. The number of fused-ring (bicyclic) bond motifs is 1. The fraction of sp³-hybridized carbons (Fsp3) is 0.333. The van der Waals surface area contributed by atoms with Crippen LogP contribution in [0.15, 0.2) is 35.9 Å². The molecule has 0 unspecified atom stereocenters. The van der Waals surface area contributed by atoms with E-state index in [2.05, 4.69) is 6.07 Å². The largest absolute Gasteiger partial charge is 0.476 e. The second kappa shape index (κ2) is 4.96. The number of benzene rings is 1. The van der Waals surface area contributed by atoms with E-state index in [-0.39, 0.29) is 11.4 Å². The van der Waals surface area contributed by atoms with Gasteiger partial charge in [-0.1, -0.05) is 24.6 Å². The number of carbonyl (C=O) groups excluding carboxylic acids is 1. The molecule has 0 amide bonds. The minimum Gasteiger partial charge on any atom is -0.476 e. The quantitative estimate of drug-likeness (QED) is 0.782. The summed E-state index contributed by atoms with van der Waals surface area (Å²) in [6, 6.07) is 12.2. The van der Waals surface area contributed by atoms with Crippen LogP contribution in [-0.2, 0) is 9.53 Å². The Morgan fingerprint density at radius 2 is 1.95 bits per heavy atom. The van der Waals surface area contributed by atoms with Gasteiger partial charge in [-0.25, -0.2) is 0 Å². The molecular formula is C18H15NO2S. The van der Waals surface area contributed by atoms with E-state index in [1.54, 1.807) is 11.3 Å². The number of Topliss-reactive ketones (excluding diaryl/α,β-unsaturated/α-hetero) is 1. The van der Waals surface area contributed by atoms with Crippen molar-refractivity contribution in [3.05, 3.63) is 40.8 Å². The van der Waals surface area contributed by atoms with Gasteiger partial charge in [0.2, 0.25) is 5.78 Å². The Balaban J connectivity index is 1.81. The van der Waals surface area contributed by atoms with E-state index in [1.165, 1.54) is 0 Å². The highest BCUT2D eigenvalue weighted by Crippen LogP contribution is 2.46. The third-order valence-electron chi connectivity index (χ3n) is 4.59. The molecule has 4 heteroatoms. The van der Waals surface area contributed by atoms with Crippen molar-refractivity contribution in [3.8, 4) is 6.07 Å². The molecule has 1 saturated carbocycles. The van der Waals surface area contributed by atoms with Gasteiger partial charge in [-0.2, -0.15) is 5.26 Å². The molecule has 0 N–H and O–H groups in total. The summed E-state index contributed by atoms with van der Waals surface area (Å²) in [7, 11) is 0. The van der Waals surface area contributed by atoms with Gasteiger partial charge in [0.15, 0.2) is 11.4 Å². The van der Waals surface area contributed by atoms with Gasteiger partial charge in [-0.05, 0) is 43.2 Å². The van der Waals surface area contributed by atoms with Crippen LogP contribution in [0.2, 0.25) is 0 Å². The van der Waals surface area contributed by atoms with Crippen LogP contribution < -0.4 is 0 Å². The summed E-state index contributed by atoms with van der Waals surface area (Å²) < 4.78 is 7.28. The van der Waals surface area contributed by atoms with Crippen molar-refractivity contribution in [1.29, 1.82) is 5.26 Å². The van der Waals surface area contributed by atoms with Crippen molar-refractivity contribution in [2.45, 2.75) is 37.7 Å². The van der Waals surface area contributed by atoms with Gasteiger partial charge >= 0.3 is 0 Å². The van der Waals surface area contributed by atoms with Gasteiger partial charge < -0.3 is 4.74 Å². The lowest BCUT2D eigenvalue weighted by Gasteiger charge is -2.31. The summed E-state index contributed by atoms with van der Waals surface area (Å²) in [5.41, 5.74) is -0.567. The lowest BCUT2D eigenvalue weighted by Crippen LogP contribution is -2.39. The lowest BCUT2D eigenvalue weighted by molar-refractivity contribution is -0.131. The molecule has 1 fully saturated rings. The van der Waals surface area contributed by atoms with E-state index in [0.717, 1.165) is 47.1 Å². The van der Waals surface area contributed by atoms with Crippen LogP contribution in [0.4, 0.5) is 0 Å². The molecule has 2 heterocycles. The molecule has 0 saturated heterocycles. The number of hydrogen-bond donors (Lipinski definition) is 0. The molecule has 1 aliphatic heterocycles. The Morgan fingerprint density at radius 3 is 2.68 bits per heavy atom.